The Kier molecular flexibility index (Phi) is 8.93. The van der Waals surface area contributed by atoms with Crippen LogP contribution in [0, 0.1) is 0 Å². The summed E-state index contributed by atoms with van der Waals surface area (Å²) in [4.78, 5) is 2.49. The summed E-state index contributed by atoms with van der Waals surface area (Å²) >= 11 is 0. The zero-order valence-electron chi connectivity index (χ0n) is 11.6. The predicted molar refractivity (Wildman–Crippen MR) is 73.8 cm³/mol. The van der Waals surface area contributed by atoms with Crippen molar-refractivity contribution in [3.8, 4) is 0 Å². The first-order valence-electron chi connectivity index (χ1n) is 6.69. The maximum Gasteiger partial charge on any atom is 0.0236 e. The van der Waals surface area contributed by atoms with Gasteiger partial charge in [0.05, 0.1) is 0 Å². The van der Waals surface area contributed by atoms with Gasteiger partial charge in [0.1, 0.15) is 0 Å². The molecule has 16 heavy (non-hydrogen) atoms. The number of hydrogen-bond acceptors (Lipinski definition) is 1. The fourth-order valence-electron chi connectivity index (χ4n) is 1.82. The van der Waals surface area contributed by atoms with Crippen molar-refractivity contribution < 1.29 is 0 Å². The largest absolute Gasteiger partial charge is 0.299 e. The van der Waals surface area contributed by atoms with Gasteiger partial charge in [-0.05, 0) is 24.1 Å². The molecule has 0 N–H and O–H groups in total. The van der Waals surface area contributed by atoms with Crippen molar-refractivity contribution >= 4 is 0 Å². The summed E-state index contributed by atoms with van der Waals surface area (Å²) in [6, 6.07) is 8.78. The minimum absolute atomic E-state index is 1.15. The molecule has 0 atom stereocenters. The van der Waals surface area contributed by atoms with E-state index in [1.54, 1.807) is 5.56 Å². The normalized spacial score (nSPS) is 13.8. The zero-order valence-corrected chi connectivity index (χ0v) is 11.6. The Balaban J connectivity index is 0.000000509. The topological polar surface area (TPSA) is 3.24 Å². The third-order valence-corrected chi connectivity index (χ3v) is 2.66. The summed E-state index contributed by atoms with van der Waals surface area (Å²) in [5.74, 6) is 0. The molecule has 1 aliphatic heterocycles. The second-order valence-corrected chi connectivity index (χ2v) is 3.39. The number of nitrogens with zero attached hydrogens (tertiary/aromatic N) is 1. The Bertz CT molecular complexity index is 268. The highest BCUT2D eigenvalue weighted by molar-refractivity contribution is 5.28. The van der Waals surface area contributed by atoms with E-state index in [9.17, 15) is 0 Å². The van der Waals surface area contributed by atoms with Crippen molar-refractivity contribution in [2.75, 3.05) is 13.1 Å². The van der Waals surface area contributed by atoms with Gasteiger partial charge in [-0.25, -0.2) is 0 Å². The first kappa shape index (κ1) is 15.2. The summed E-state index contributed by atoms with van der Waals surface area (Å²) < 4.78 is 0. The van der Waals surface area contributed by atoms with Crippen molar-refractivity contribution in [1.82, 2.24) is 4.90 Å². The van der Waals surface area contributed by atoms with E-state index in [1.807, 2.05) is 27.7 Å². The summed E-state index contributed by atoms with van der Waals surface area (Å²) in [6.07, 6.45) is 1.23. The maximum atomic E-state index is 2.49. The highest BCUT2D eigenvalue weighted by Crippen LogP contribution is 2.17. The molecule has 1 heterocycles. The lowest BCUT2D eigenvalue weighted by molar-refractivity contribution is 0.268. The molecule has 1 heteroatoms. The van der Waals surface area contributed by atoms with Gasteiger partial charge in [-0.2, -0.15) is 0 Å². The molecule has 1 aromatic rings. The zero-order chi connectivity index (χ0) is 12.4. The van der Waals surface area contributed by atoms with E-state index in [-0.39, 0.29) is 0 Å². The van der Waals surface area contributed by atoms with Crippen molar-refractivity contribution in [3.05, 3.63) is 35.4 Å². The quantitative estimate of drug-likeness (QED) is 0.689. The Morgan fingerprint density at radius 1 is 1.00 bits per heavy atom. The Hall–Kier alpha value is -0.820. The van der Waals surface area contributed by atoms with Gasteiger partial charge in [0.2, 0.25) is 0 Å². The van der Waals surface area contributed by atoms with Crippen LogP contribution in [0.25, 0.3) is 0 Å². The molecule has 0 saturated heterocycles. The van der Waals surface area contributed by atoms with Crippen LogP contribution in [0.3, 0.4) is 0 Å². The SMILES string of the molecule is CC.CC.CCN1CCc2ccccc2C1. The molecule has 0 amide bonds. The molecular weight excluding hydrogens is 194 g/mol. The molecule has 2 rings (SSSR count). The van der Waals surface area contributed by atoms with Crippen LogP contribution < -0.4 is 0 Å². The number of likely N-dealkylation sites (N-methyl/N-ethyl adjacent to an activating group) is 1. The number of fused-ring (bicyclic) bond motifs is 1. The highest BCUT2D eigenvalue weighted by atomic mass is 15.1. The van der Waals surface area contributed by atoms with Gasteiger partial charge in [-0.15, -0.1) is 0 Å². The number of rotatable bonds is 1. The Morgan fingerprint density at radius 3 is 2.12 bits per heavy atom. The molecule has 0 fully saturated rings. The van der Waals surface area contributed by atoms with E-state index in [4.69, 9.17) is 0 Å². The Labute approximate surface area is 101 Å². The van der Waals surface area contributed by atoms with Gasteiger partial charge in [-0.3, -0.25) is 4.90 Å². The minimum Gasteiger partial charge on any atom is -0.299 e. The van der Waals surface area contributed by atoms with Crippen LogP contribution in [0.5, 0.6) is 0 Å². The van der Waals surface area contributed by atoms with Crippen LogP contribution in [0.2, 0.25) is 0 Å². The van der Waals surface area contributed by atoms with E-state index < -0.39 is 0 Å². The predicted octanol–water partition coefficient (Wildman–Crippen LogP) is 4.12. The first-order chi connectivity index (χ1) is 7.90. The van der Waals surface area contributed by atoms with Gasteiger partial charge in [-0.1, -0.05) is 58.9 Å². The molecule has 1 nitrogen and oxygen atoms in total. The first-order valence-corrected chi connectivity index (χ1v) is 6.69. The van der Waals surface area contributed by atoms with E-state index in [0.717, 1.165) is 6.54 Å². The molecular formula is C15H27N. The standard InChI is InChI=1S/C11H15N.2C2H6/c1-2-12-8-7-10-5-3-4-6-11(10)9-12;2*1-2/h3-6H,2,7-9H2,1H3;2*1-2H3. The van der Waals surface area contributed by atoms with Crippen LogP contribution in [0.15, 0.2) is 24.3 Å². The molecule has 0 radical (unpaired) electrons. The van der Waals surface area contributed by atoms with Crippen LogP contribution in [0.1, 0.15) is 45.7 Å². The van der Waals surface area contributed by atoms with Crippen molar-refractivity contribution in [3.63, 3.8) is 0 Å². The van der Waals surface area contributed by atoms with E-state index in [1.165, 1.54) is 25.1 Å². The molecule has 1 aliphatic rings. The Morgan fingerprint density at radius 2 is 1.56 bits per heavy atom. The van der Waals surface area contributed by atoms with E-state index in [0.29, 0.717) is 0 Å². The van der Waals surface area contributed by atoms with E-state index >= 15 is 0 Å². The van der Waals surface area contributed by atoms with Crippen LogP contribution in [0.4, 0.5) is 0 Å². The second kappa shape index (κ2) is 9.41. The lowest BCUT2D eigenvalue weighted by atomic mass is 10.0. The highest BCUT2D eigenvalue weighted by Gasteiger charge is 2.12. The molecule has 1 aromatic carbocycles. The third-order valence-electron chi connectivity index (χ3n) is 2.66. The fourth-order valence-corrected chi connectivity index (χ4v) is 1.82. The van der Waals surface area contributed by atoms with Gasteiger partial charge in [0.25, 0.3) is 0 Å². The van der Waals surface area contributed by atoms with Gasteiger partial charge in [0, 0.05) is 13.1 Å². The average molecular weight is 221 g/mol. The van der Waals surface area contributed by atoms with E-state index in [2.05, 4.69) is 36.1 Å². The molecule has 92 valence electrons. The molecule has 0 aromatic heterocycles. The summed E-state index contributed by atoms with van der Waals surface area (Å²) in [7, 11) is 0. The molecule has 0 saturated carbocycles. The fraction of sp³-hybridized carbons (Fsp3) is 0.600. The van der Waals surface area contributed by atoms with Crippen LogP contribution in [-0.4, -0.2) is 18.0 Å². The molecule has 0 unspecified atom stereocenters. The third kappa shape index (κ3) is 4.36. The molecule has 0 aliphatic carbocycles. The van der Waals surface area contributed by atoms with Gasteiger partial charge < -0.3 is 0 Å². The smallest absolute Gasteiger partial charge is 0.0236 e. The molecule has 0 bridgehead atoms. The molecule has 0 spiro atoms. The van der Waals surface area contributed by atoms with Gasteiger partial charge >= 0.3 is 0 Å². The second-order valence-electron chi connectivity index (χ2n) is 3.39. The summed E-state index contributed by atoms with van der Waals surface area (Å²) in [5, 5.41) is 0. The lowest BCUT2D eigenvalue weighted by Gasteiger charge is -2.27. The summed E-state index contributed by atoms with van der Waals surface area (Å²) in [6.45, 7) is 13.8. The average Bonchev–Trinajstić information content (AvgIpc) is 2.42. The van der Waals surface area contributed by atoms with Crippen molar-refractivity contribution in [1.29, 1.82) is 0 Å². The monoisotopic (exact) mass is 221 g/mol. The summed E-state index contributed by atoms with van der Waals surface area (Å²) in [5.41, 5.74) is 3.06. The minimum atomic E-state index is 1.15. The number of benzene rings is 1. The van der Waals surface area contributed by atoms with Crippen LogP contribution in [-0.2, 0) is 13.0 Å². The van der Waals surface area contributed by atoms with Crippen molar-refractivity contribution in [2.24, 2.45) is 0 Å². The van der Waals surface area contributed by atoms with Crippen molar-refractivity contribution in [2.45, 2.75) is 47.6 Å². The number of hydrogen-bond donors (Lipinski definition) is 0. The van der Waals surface area contributed by atoms with Crippen LogP contribution >= 0.6 is 0 Å². The maximum absolute atomic E-state index is 2.49. The lowest BCUT2D eigenvalue weighted by Crippen LogP contribution is -2.29. The van der Waals surface area contributed by atoms with Gasteiger partial charge in [0.15, 0.2) is 0 Å².